The van der Waals surface area contributed by atoms with Crippen molar-refractivity contribution in [1.82, 2.24) is 24.8 Å². The molecule has 2 N–H and O–H groups in total. The fraction of sp³-hybridized carbons (Fsp3) is 0.448. The second-order valence-corrected chi connectivity index (χ2v) is 10.6. The summed E-state index contributed by atoms with van der Waals surface area (Å²) in [6.45, 7) is 9.86. The second kappa shape index (κ2) is 8.70. The number of aromatic nitrogens is 4. The second-order valence-electron chi connectivity index (χ2n) is 10.6. The van der Waals surface area contributed by atoms with Crippen molar-refractivity contribution in [3.05, 3.63) is 71.1 Å². The number of pyridine rings is 1. The first kappa shape index (κ1) is 21.6. The number of likely N-dealkylation sites (tertiary alicyclic amines) is 1. The van der Waals surface area contributed by atoms with Crippen molar-refractivity contribution in [2.75, 3.05) is 13.1 Å². The quantitative estimate of drug-likeness (QED) is 0.344. The molecule has 4 aromatic rings. The van der Waals surface area contributed by atoms with E-state index in [0.717, 1.165) is 31.2 Å². The summed E-state index contributed by atoms with van der Waals surface area (Å²) in [4.78, 5) is 18.7. The first-order valence-electron chi connectivity index (χ1n) is 12.9. The van der Waals surface area contributed by atoms with Gasteiger partial charge >= 0.3 is 0 Å². The number of aromatic amines is 2. The predicted molar refractivity (Wildman–Crippen MR) is 138 cm³/mol. The lowest BCUT2D eigenvalue weighted by molar-refractivity contribution is 0.203. The van der Waals surface area contributed by atoms with E-state index in [4.69, 9.17) is 0 Å². The molecule has 3 aromatic heterocycles. The highest BCUT2D eigenvalue weighted by molar-refractivity contribution is 5.92. The van der Waals surface area contributed by atoms with Crippen LogP contribution in [0.2, 0.25) is 0 Å². The zero-order valence-corrected chi connectivity index (χ0v) is 20.6. The van der Waals surface area contributed by atoms with Crippen LogP contribution in [0.25, 0.3) is 22.2 Å². The van der Waals surface area contributed by atoms with Crippen molar-refractivity contribution in [3.8, 4) is 11.3 Å². The largest absolute Gasteiger partial charge is 0.354 e. The zero-order chi connectivity index (χ0) is 23.2. The molecule has 5 nitrogen and oxygen atoms in total. The molecule has 0 bridgehead atoms. The summed E-state index contributed by atoms with van der Waals surface area (Å²) in [5.74, 6) is 2.75. The molecule has 176 valence electrons. The van der Waals surface area contributed by atoms with Gasteiger partial charge in [0.15, 0.2) is 0 Å². The molecular formula is C29H35N5. The van der Waals surface area contributed by atoms with Crippen molar-refractivity contribution < 1.29 is 0 Å². The number of hydrogen-bond donors (Lipinski definition) is 2. The maximum Gasteiger partial charge on any atom is 0.103 e. The highest BCUT2D eigenvalue weighted by atomic mass is 15.1. The molecule has 0 spiro atoms. The van der Waals surface area contributed by atoms with Gasteiger partial charge in [-0.3, -0.25) is 9.88 Å². The SMILES string of the molecule is Cc1nc(CN2CCC(c3ccc4[nH]c(-c5ccnc(C6CC6)c5)c(C(C)C)c4c3)CC2)c[nH]1. The zero-order valence-electron chi connectivity index (χ0n) is 20.6. The van der Waals surface area contributed by atoms with Crippen LogP contribution >= 0.6 is 0 Å². The van der Waals surface area contributed by atoms with E-state index in [-0.39, 0.29) is 0 Å². The van der Waals surface area contributed by atoms with E-state index in [9.17, 15) is 0 Å². The van der Waals surface area contributed by atoms with E-state index < -0.39 is 0 Å². The molecule has 2 fully saturated rings. The molecule has 1 aliphatic carbocycles. The van der Waals surface area contributed by atoms with Crippen LogP contribution in [0.1, 0.15) is 85.6 Å². The molecule has 2 aliphatic rings. The van der Waals surface area contributed by atoms with Gasteiger partial charge in [-0.25, -0.2) is 4.98 Å². The number of rotatable bonds is 6. The van der Waals surface area contributed by atoms with Crippen molar-refractivity contribution >= 4 is 10.9 Å². The van der Waals surface area contributed by atoms with Crippen molar-refractivity contribution in [2.24, 2.45) is 0 Å². The molecule has 1 aromatic carbocycles. The van der Waals surface area contributed by atoms with E-state index in [1.54, 1.807) is 0 Å². The molecule has 1 saturated carbocycles. The third kappa shape index (κ3) is 4.18. The minimum Gasteiger partial charge on any atom is -0.354 e. The van der Waals surface area contributed by atoms with E-state index >= 15 is 0 Å². The summed E-state index contributed by atoms with van der Waals surface area (Å²) >= 11 is 0. The van der Waals surface area contributed by atoms with Gasteiger partial charge in [0.25, 0.3) is 0 Å². The van der Waals surface area contributed by atoms with Crippen LogP contribution in [0, 0.1) is 6.92 Å². The molecule has 1 saturated heterocycles. The average molecular weight is 454 g/mol. The van der Waals surface area contributed by atoms with Crippen molar-refractivity contribution in [1.29, 1.82) is 0 Å². The maximum absolute atomic E-state index is 4.64. The van der Waals surface area contributed by atoms with Gasteiger partial charge in [0.1, 0.15) is 5.82 Å². The Balaban J connectivity index is 1.25. The Morgan fingerprint density at radius 3 is 2.56 bits per heavy atom. The average Bonchev–Trinajstić information content (AvgIpc) is 3.51. The first-order valence-corrected chi connectivity index (χ1v) is 12.9. The van der Waals surface area contributed by atoms with Crippen LogP contribution in [0.3, 0.4) is 0 Å². The third-order valence-corrected chi connectivity index (χ3v) is 7.71. The van der Waals surface area contributed by atoms with Crippen LogP contribution in [0.4, 0.5) is 0 Å². The summed E-state index contributed by atoms with van der Waals surface area (Å²) in [5.41, 5.74) is 9.14. The molecule has 34 heavy (non-hydrogen) atoms. The fourth-order valence-corrected chi connectivity index (χ4v) is 5.72. The molecule has 0 radical (unpaired) electrons. The molecule has 0 amide bonds. The summed E-state index contributed by atoms with van der Waals surface area (Å²) < 4.78 is 0. The first-order chi connectivity index (χ1) is 16.5. The Kier molecular flexibility index (Phi) is 5.53. The summed E-state index contributed by atoms with van der Waals surface area (Å²) in [6, 6.07) is 11.6. The number of benzene rings is 1. The van der Waals surface area contributed by atoms with Crippen molar-refractivity contribution in [2.45, 2.75) is 70.8 Å². The number of aryl methyl sites for hydroxylation is 1. The van der Waals surface area contributed by atoms with Gasteiger partial charge in [0.2, 0.25) is 0 Å². The Bertz CT molecular complexity index is 1300. The normalized spacial score (nSPS) is 17.8. The van der Waals surface area contributed by atoms with Crippen LogP contribution in [0.5, 0.6) is 0 Å². The van der Waals surface area contributed by atoms with Gasteiger partial charge < -0.3 is 9.97 Å². The summed E-state index contributed by atoms with van der Waals surface area (Å²) in [6.07, 6.45) is 9.01. The van der Waals surface area contributed by atoms with E-state index in [2.05, 4.69) is 69.0 Å². The molecular weight excluding hydrogens is 418 g/mol. The van der Waals surface area contributed by atoms with Gasteiger partial charge in [0.05, 0.1) is 11.4 Å². The van der Waals surface area contributed by atoms with E-state index in [1.807, 2.05) is 19.3 Å². The van der Waals surface area contributed by atoms with Crippen LogP contribution in [-0.2, 0) is 6.54 Å². The number of nitrogens with zero attached hydrogens (tertiary/aromatic N) is 3. The number of piperidine rings is 1. The van der Waals surface area contributed by atoms with Crippen LogP contribution in [0.15, 0.2) is 42.7 Å². The molecule has 0 unspecified atom stereocenters. The van der Waals surface area contributed by atoms with E-state index in [1.165, 1.54) is 64.7 Å². The topological polar surface area (TPSA) is 60.6 Å². The molecule has 1 aliphatic heterocycles. The minimum absolute atomic E-state index is 0.454. The summed E-state index contributed by atoms with van der Waals surface area (Å²) in [7, 11) is 0. The van der Waals surface area contributed by atoms with E-state index in [0.29, 0.717) is 17.8 Å². The highest BCUT2D eigenvalue weighted by Gasteiger charge is 2.26. The predicted octanol–water partition coefficient (Wildman–Crippen LogP) is 6.64. The van der Waals surface area contributed by atoms with Gasteiger partial charge in [-0.2, -0.15) is 0 Å². The lowest BCUT2D eigenvalue weighted by atomic mass is 9.87. The van der Waals surface area contributed by atoms with Crippen LogP contribution in [-0.4, -0.2) is 37.9 Å². The van der Waals surface area contributed by atoms with Crippen molar-refractivity contribution in [3.63, 3.8) is 0 Å². The third-order valence-electron chi connectivity index (χ3n) is 7.71. The van der Waals surface area contributed by atoms with Crippen LogP contribution < -0.4 is 0 Å². The molecule has 6 rings (SSSR count). The Hall–Kier alpha value is -2.92. The molecule has 4 heterocycles. The maximum atomic E-state index is 4.64. The fourth-order valence-electron chi connectivity index (χ4n) is 5.72. The lowest BCUT2D eigenvalue weighted by Crippen LogP contribution is -2.32. The molecule has 5 heteroatoms. The lowest BCUT2D eigenvalue weighted by Gasteiger charge is -2.31. The number of hydrogen-bond acceptors (Lipinski definition) is 3. The Labute approximate surface area is 202 Å². The van der Waals surface area contributed by atoms with Gasteiger partial charge in [-0.1, -0.05) is 19.9 Å². The van der Waals surface area contributed by atoms with Gasteiger partial charge in [-0.05, 0) is 92.9 Å². The molecule has 0 atom stereocenters. The number of H-pyrrole nitrogens is 2. The van der Waals surface area contributed by atoms with Gasteiger partial charge in [-0.15, -0.1) is 0 Å². The minimum atomic E-state index is 0.454. The summed E-state index contributed by atoms with van der Waals surface area (Å²) in [5, 5.41) is 1.39. The number of fused-ring (bicyclic) bond motifs is 1. The standard InChI is InChI=1S/C29H35N5/c1-18(2)28-25-14-22(20-9-12-34(13-10-20)17-24-16-31-19(3)32-24)6-7-26(25)33-29(28)23-8-11-30-27(15-23)21-4-5-21/h6-8,11,14-16,18,20-21,33H,4-5,9-10,12-13,17H2,1-3H3,(H,31,32). The highest BCUT2D eigenvalue weighted by Crippen LogP contribution is 2.42. The Morgan fingerprint density at radius 2 is 1.85 bits per heavy atom. The Morgan fingerprint density at radius 1 is 1.03 bits per heavy atom. The number of imidazole rings is 1. The smallest absolute Gasteiger partial charge is 0.103 e. The van der Waals surface area contributed by atoms with Gasteiger partial charge in [0, 0.05) is 47.0 Å². The number of nitrogens with one attached hydrogen (secondary N) is 2. The monoisotopic (exact) mass is 453 g/mol.